The molecule has 5 nitrogen and oxygen atoms in total. The van der Waals surface area contributed by atoms with Crippen LogP contribution in [-0.2, 0) is 6.42 Å². The maximum absolute atomic E-state index is 5.29. The zero-order valence-electron chi connectivity index (χ0n) is 11.9. The van der Waals surface area contributed by atoms with Gasteiger partial charge in [0.25, 0.3) is 0 Å². The van der Waals surface area contributed by atoms with E-state index in [0.717, 1.165) is 29.8 Å². The Balaban J connectivity index is 2.29. The highest BCUT2D eigenvalue weighted by molar-refractivity contribution is 5.79. The molecular formula is C14H21N3O2. The number of fused-ring (bicyclic) bond motifs is 1. The predicted octanol–water partition coefficient (Wildman–Crippen LogP) is 2.12. The minimum absolute atomic E-state index is 0.398. The van der Waals surface area contributed by atoms with Gasteiger partial charge in [-0.2, -0.15) is 0 Å². The summed E-state index contributed by atoms with van der Waals surface area (Å²) in [4.78, 5) is 7.91. The van der Waals surface area contributed by atoms with Crippen LogP contribution in [0.4, 0.5) is 0 Å². The molecule has 1 heterocycles. The van der Waals surface area contributed by atoms with Gasteiger partial charge in [-0.3, -0.25) is 0 Å². The summed E-state index contributed by atoms with van der Waals surface area (Å²) in [5, 5.41) is 3.37. The molecule has 0 aliphatic carbocycles. The first-order valence-electron chi connectivity index (χ1n) is 6.52. The van der Waals surface area contributed by atoms with Crippen LogP contribution in [0.1, 0.15) is 19.7 Å². The molecule has 0 radical (unpaired) electrons. The molecule has 1 atom stereocenters. The summed E-state index contributed by atoms with van der Waals surface area (Å²) in [7, 11) is 3.26. The number of aromatic amines is 1. The Morgan fingerprint density at radius 3 is 2.58 bits per heavy atom. The lowest BCUT2D eigenvalue weighted by molar-refractivity contribution is 0.356. The van der Waals surface area contributed by atoms with E-state index < -0.39 is 0 Å². The molecule has 1 unspecified atom stereocenters. The monoisotopic (exact) mass is 263 g/mol. The third-order valence-electron chi connectivity index (χ3n) is 3.09. The first-order valence-corrected chi connectivity index (χ1v) is 6.52. The number of ether oxygens (including phenoxy) is 2. The smallest absolute Gasteiger partial charge is 0.163 e. The maximum Gasteiger partial charge on any atom is 0.163 e. The van der Waals surface area contributed by atoms with Crippen molar-refractivity contribution >= 4 is 11.0 Å². The second kappa shape index (κ2) is 5.93. The van der Waals surface area contributed by atoms with Crippen molar-refractivity contribution in [1.82, 2.24) is 15.3 Å². The van der Waals surface area contributed by atoms with E-state index in [1.807, 2.05) is 12.1 Å². The summed E-state index contributed by atoms with van der Waals surface area (Å²) in [6, 6.07) is 4.21. The summed E-state index contributed by atoms with van der Waals surface area (Å²) < 4.78 is 10.6. The quantitative estimate of drug-likeness (QED) is 0.838. The Morgan fingerprint density at radius 2 is 1.95 bits per heavy atom. The van der Waals surface area contributed by atoms with Gasteiger partial charge in [-0.15, -0.1) is 0 Å². The van der Waals surface area contributed by atoms with Crippen LogP contribution in [0, 0.1) is 0 Å². The second-order valence-corrected chi connectivity index (χ2v) is 4.57. The third-order valence-corrected chi connectivity index (χ3v) is 3.09. The fourth-order valence-corrected chi connectivity index (χ4v) is 2.20. The summed E-state index contributed by atoms with van der Waals surface area (Å²) in [5.41, 5.74) is 1.87. The van der Waals surface area contributed by atoms with Gasteiger partial charge >= 0.3 is 0 Å². The van der Waals surface area contributed by atoms with Crippen molar-refractivity contribution < 1.29 is 9.47 Å². The molecule has 104 valence electrons. The highest BCUT2D eigenvalue weighted by Crippen LogP contribution is 2.31. The molecule has 0 amide bonds. The molecule has 2 rings (SSSR count). The van der Waals surface area contributed by atoms with Gasteiger partial charge in [0.15, 0.2) is 11.5 Å². The average molecular weight is 263 g/mol. The number of H-pyrrole nitrogens is 1. The van der Waals surface area contributed by atoms with Crippen LogP contribution in [0.3, 0.4) is 0 Å². The van der Waals surface area contributed by atoms with E-state index in [-0.39, 0.29) is 0 Å². The minimum atomic E-state index is 0.398. The number of nitrogens with zero attached hydrogens (tertiary/aromatic N) is 1. The summed E-state index contributed by atoms with van der Waals surface area (Å²) in [6.07, 6.45) is 0.868. The van der Waals surface area contributed by atoms with Crippen LogP contribution in [0.2, 0.25) is 0 Å². The largest absolute Gasteiger partial charge is 0.493 e. The second-order valence-electron chi connectivity index (χ2n) is 4.57. The van der Waals surface area contributed by atoms with Gasteiger partial charge in [0.1, 0.15) is 5.82 Å². The lowest BCUT2D eigenvalue weighted by Crippen LogP contribution is -2.27. The summed E-state index contributed by atoms with van der Waals surface area (Å²) >= 11 is 0. The number of imidazole rings is 1. The van der Waals surface area contributed by atoms with Gasteiger partial charge in [0.05, 0.1) is 25.3 Å². The highest BCUT2D eigenvalue weighted by atomic mass is 16.5. The van der Waals surface area contributed by atoms with Crippen molar-refractivity contribution in [2.75, 3.05) is 20.8 Å². The first-order chi connectivity index (χ1) is 9.17. The first kappa shape index (κ1) is 13.7. The molecule has 0 saturated carbocycles. The van der Waals surface area contributed by atoms with E-state index in [4.69, 9.17) is 9.47 Å². The molecule has 2 aromatic rings. The van der Waals surface area contributed by atoms with Crippen molar-refractivity contribution in [2.45, 2.75) is 26.3 Å². The molecule has 5 heteroatoms. The molecule has 19 heavy (non-hydrogen) atoms. The SMILES string of the molecule is CCNC(C)Cc1nc2cc(OC)c(OC)cc2[nH]1. The Bertz CT molecular complexity index is 510. The van der Waals surface area contributed by atoms with E-state index in [1.54, 1.807) is 14.2 Å². The van der Waals surface area contributed by atoms with E-state index in [9.17, 15) is 0 Å². The molecule has 1 aromatic carbocycles. The van der Waals surface area contributed by atoms with E-state index >= 15 is 0 Å². The van der Waals surface area contributed by atoms with Crippen molar-refractivity contribution in [3.63, 3.8) is 0 Å². The molecule has 0 spiro atoms. The third kappa shape index (κ3) is 2.98. The Morgan fingerprint density at radius 1 is 1.26 bits per heavy atom. The number of methoxy groups -OCH3 is 2. The van der Waals surface area contributed by atoms with Crippen LogP contribution in [0.5, 0.6) is 11.5 Å². The van der Waals surface area contributed by atoms with E-state index in [2.05, 4.69) is 29.1 Å². The topological polar surface area (TPSA) is 59.2 Å². The summed E-state index contributed by atoms with van der Waals surface area (Å²) in [6.45, 7) is 5.21. The number of rotatable bonds is 6. The van der Waals surface area contributed by atoms with Crippen LogP contribution in [0.25, 0.3) is 11.0 Å². The molecule has 2 N–H and O–H groups in total. The molecule has 0 fully saturated rings. The molecule has 0 bridgehead atoms. The van der Waals surface area contributed by atoms with E-state index in [1.165, 1.54) is 0 Å². The maximum atomic E-state index is 5.29. The van der Waals surface area contributed by atoms with Crippen molar-refractivity contribution in [2.24, 2.45) is 0 Å². The number of benzene rings is 1. The van der Waals surface area contributed by atoms with Gasteiger partial charge in [-0.1, -0.05) is 6.92 Å². The Kier molecular flexibility index (Phi) is 4.27. The van der Waals surface area contributed by atoms with Crippen molar-refractivity contribution in [1.29, 1.82) is 0 Å². The van der Waals surface area contributed by atoms with Gasteiger partial charge < -0.3 is 19.8 Å². The van der Waals surface area contributed by atoms with Gasteiger partial charge in [0.2, 0.25) is 0 Å². The van der Waals surface area contributed by atoms with Crippen LogP contribution < -0.4 is 14.8 Å². The zero-order chi connectivity index (χ0) is 13.8. The lowest BCUT2D eigenvalue weighted by atomic mass is 10.2. The minimum Gasteiger partial charge on any atom is -0.493 e. The molecular weight excluding hydrogens is 242 g/mol. The van der Waals surface area contributed by atoms with Crippen molar-refractivity contribution in [3.8, 4) is 11.5 Å². The van der Waals surface area contributed by atoms with Crippen LogP contribution in [0.15, 0.2) is 12.1 Å². The van der Waals surface area contributed by atoms with Gasteiger partial charge in [-0.05, 0) is 13.5 Å². The normalized spacial score (nSPS) is 12.6. The predicted molar refractivity (Wildman–Crippen MR) is 76.0 cm³/mol. The fourth-order valence-electron chi connectivity index (χ4n) is 2.20. The summed E-state index contributed by atoms with van der Waals surface area (Å²) in [5.74, 6) is 2.39. The zero-order valence-corrected chi connectivity index (χ0v) is 11.9. The molecule has 0 saturated heterocycles. The molecule has 1 aromatic heterocycles. The molecule has 0 aliphatic rings. The Labute approximate surface area is 113 Å². The number of nitrogens with one attached hydrogen (secondary N) is 2. The average Bonchev–Trinajstić information content (AvgIpc) is 2.78. The van der Waals surface area contributed by atoms with Gasteiger partial charge in [-0.25, -0.2) is 4.98 Å². The number of hydrogen-bond acceptors (Lipinski definition) is 4. The standard InChI is InChI=1S/C14H21N3O2/c1-5-15-9(2)6-14-16-10-7-12(18-3)13(19-4)8-11(10)17-14/h7-9,15H,5-6H2,1-4H3,(H,16,17). The number of hydrogen-bond donors (Lipinski definition) is 2. The van der Waals surface area contributed by atoms with E-state index in [0.29, 0.717) is 17.5 Å². The van der Waals surface area contributed by atoms with Crippen LogP contribution in [-0.4, -0.2) is 36.8 Å². The van der Waals surface area contributed by atoms with Gasteiger partial charge in [0, 0.05) is 24.6 Å². The highest BCUT2D eigenvalue weighted by Gasteiger charge is 2.11. The van der Waals surface area contributed by atoms with Crippen LogP contribution >= 0.6 is 0 Å². The fraction of sp³-hybridized carbons (Fsp3) is 0.500. The lowest BCUT2D eigenvalue weighted by Gasteiger charge is -2.09. The van der Waals surface area contributed by atoms with Crippen molar-refractivity contribution in [3.05, 3.63) is 18.0 Å². The number of aromatic nitrogens is 2. The number of likely N-dealkylation sites (N-methyl/N-ethyl adjacent to an activating group) is 1. The molecule has 0 aliphatic heterocycles. The Hall–Kier alpha value is -1.75.